The second-order valence-electron chi connectivity index (χ2n) is 6.65. The summed E-state index contributed by atoms with van der Waals surface area (Å²) in [5.74, 6) is 1.61. The van der Waals surface area contributed by atoms with Crippen molar-refractivity contribution >= 4 is 11.8 Å². The van der Waals surface area contributed by atoms with Crippen LogP contribution in [0.15, 0.2) is 18.2 Å². The fourth-order valence-corrected chi connectivity index (χ4v) is 3.02. The molecule has 0 unspecified atom stereocenters. The van der Waals surface area contributed by atoms with Crippen molar-refractivity contribution in [2.24, 2.45) is 5.92 Å². The van der Waals surface area contributed by atoms with Crippen LogP contribution in [-0.4, -0.2) is 49.2 Å². The molecule has 2 heterocycles. The quantitative estimate of drug-likeness (QED) is 0.874. The zero-order valence-corrected chi connectivity index (χ0v) is 14.6. The number of rotatable bonds is 5. The monoisotopic (exact) mass is 348 g/mol. The molecule has 0 bridgehead atoms. The number of hydrogen-bond acceptors (Lipinski definition) is 5. The zero-order chi connectivity index (χ0) is 17.8. The summed E-state index contributed by atoms with van der Waals surface area (Å²) in [7, 11) is 0. The molecule has 1 saturated heterocycles. The first-order valence-electron chi connectivity index (χ1n) is 8.63. The van der Waals surface area contributed by atoms with E-state index in [2.05, 4.69) is 5.32 Å². The molecule has 2 aliphatic rings. The van der Waals surface area contributed by atoms with Crippen molar-refractivity contribution in [2.45, 2.75) is 32.7 Å². The highest BCUT2D eigenvalue weighted by molar-refractivity contribution is 5.82. The van der Waals surface area contributed by atoms with Crippen LogP contribution in [-0.2, 0) is 9.59 Å². The summed E-state index contributed by atoms with van der Waals surface area (Å²) in [5, 5.41) is 2.92. The molecule has 7 nitrogen and oxygen atoms in total. The summed E-state index contributed by atoms with van der Waals surface area (Å²) in [5.41, 5.74) is 0. The van der Waals surface area contributed by atoms with Crippen LogP contribution in [0.2, 0.25) is 0 Å². The predicted molar refractivity (Wildman–Crippen MR) is 90.6 cm³/mol. The van der Waals surface area contributed by atoms with E-state index in [4.69, 9.17) is 14.2 Å². The van der Waals surface area contributed by atoms with Gasteiger partial charge in [-0.1, -0.05) is 0 Å². The Morgan fingerprint density at radius 1 is 1.32 bits per heavy atom. The van der Waals surface area contributed by atoms with Gasteiger partial charge in [0, 0.05) is 25.2 Å². The molecule has 2 amide bonds. The Kier molecular flexibility index (Phi) is 5.31. The van der Waals surface area contributed by atoms with Crippen molar-refractivity contribution in [3.8, 4) is 17.2 Å². The van der Waals surface area contributed by atoms with E-state index in [1.807, 2.05) is 13.8 Å². The second kappa shape index (κ2) is 7.63. The Balaban J connectivity index is 1.51. The first-order chi connectivity index (χ1) is 12.0. The van der Waals surface area contributed by atoms with Crippen LogP contribution in [0, 0.1) is 5.92 Å². The van der Waals surface area contributed by atoms with Gasteiger partial charge in [0.2, 0.25) is 12.7 Å². The van der Waals surface area contributed by atoms with Crippen LogP contribution in [0.25, 0.3) is 0 Å². The number of nitrogens with one attached hydrogen (secondary N) is 1. The van der Waals surface area contributed by atoms with E-state index in [1.54, 1.807) is 23.1 Å². The van der Waals surface area contributed by atoms with Crippen molar-refractivity contribution in [1.82, 2.24) is 10.2 Å². The fraction of sp³-hybridized carbons (Fsp3) is 0.556. The highest BCUT2D eigenvalue weighted by Gasteiger charge is 2.28. The topological polar surface area (TPSA) is 77.1 Å². The molecule has 1 N–H and O–H groups in total. The second-order valence-corrected chi connectivity index (χ2v) is 6.65. The molecule has 1 fully saturated rings. The van der Waals surface area contributed by atoms with Crippen LogP contribution in [0.5, 0.6) is 17.2 Å². The highest BCUT2D eigenvalue weighted by Crippen LogP contribution is 2.35. The van der Waals surface area contributed by atoms with Gasteiger partial charge in [-0.3, -0.25) is 9.59 Å². The van der Waals surface area contributed by atoms with Gasteiger partial charge >= 0.3 is 0 Å². The molecule has 1 atom stereocenters. The third-order valence-electron chi connectivity index (χ3n) is 4.28. The predicted octanol–water partition coefficient (Wildman–Crippen LogP) is 1.56. The average molecular weight is 348 g/mol. The lowest BCUT2D eigenvalue weighted by Gasteiger charge is -2.32. The normalized spacial score (nSPS) is 19.0. The van der Waals surface area contributed by atoms with Crippen molar-refractivity contribution in [1.29, 1.82) is 0 Å². The molecule has 136 valence electrons. The van der Waals surface area contributed by atoms with Gasteiger partial charge in [-0.25, -0.2) is 0 Å². The first-order valence-corrected chi connectivity index (χ1v) is 8.63. The summed E-state index contributed by atoms with van der Waals surface area (Å²) in [6, 6.07) is 5.32. The largest absolute Gasteiger partial charge is 0.484 e. The lowest BCUT2D eigenvalue weighted by atomic mass is 9.97. The Labute approximate surface area is 147 Å². The van der Waals surface area contributed by atoms with Crippen LogP contribution in [0.3, 0.4) is 0 Å². The molecule has 25 heavy (non-hydrogen) atoms. The maximum absolute atomic E-state index is 12.4. The molecule has 1 aromatic carbocycles. The lowest BCUT2D eigenvalue weighted by Crippen LogP contribution is -2.47. The highest BCUT2D eigenvalue weighted by atomic mass is 16.7. The third-order valence-corrected chi connectivity index (χ3v) is 4.28. The summed E-state index contributed by atoms with van der Waals surface area (Å²) < 4.78 is 16.1. The lowest BCUT2D eigenvalue weighted by molar-refractivity contribution is -0.137. The molecule has 0 aliphatic carbocycles. The first kappa shape index (κ1) is 17.4. The number of hydrogen-bond donors (Lipinski definition) is 1. The van der Waals surface area contributed by atoms with Crippen molar-refractivity contribution < 1.29 is 23.8 Å². The van der Waals surface area contributed by atoms with Gasteiger partial charge < -0.3 is 24.4 Å². The third kappa shape index (κ3) is 4.35. The Morgan fingerprint density at radius 3 is 2.92 bits per heavy atom. The molecule has 1 aromatic rings. The maximum atomic E-state index is 12.4. The minimum absolute atomic E-state index is 0.0178. The van der Waals surface area contributed by atoms with Crippen LogP contribution in [0.4, 0.5) is 0 Å². The number of ether oxygens (including phenoxy) is 3. The summed E-state index contributed by atoms with van der Waals surface area (Å²) in [6.45, 7) is 5.12. The van der Waals surface area contributed by atoms with Crippen molar-refractivity contribution in [2.75, 3.05) is 26.5 Å². The van der Waals surface area contributed by atoms with Gasteiger partial charge in [0.05, 0.1) is 5.92 Å². The molecule has 0 spiro atoms. The number of benzene rings is 1. The number of likely N-dealkylation sites (tertiary alicyclic amines) is 1. The molecule has 7 heteroatoms. The standard InChI is InChI=1S/C18H24N2O5/c1-12(2)19-18(22)13-4-3-7-20(9-13)17(21)10-23-14-5-6-15-16(8-14)25-11-24-15/h5-6,8,12-13H,3-4,7,9-11H2,1-2H3,(H,19,22)/t13-/m0/s1. The van der Waals surface area contributed by atoms with Gasteiger partial charge in [0.25, 0.3) is 5.91 Å². The molecule has 0 aromatic heterocycles. The van der Waals surface area contributed by atoms with Gasteiger partial charge in [-0.15, -0.1) is 0 Å². The Bertz CT molecular complexity index is 646. The van der Waals surface area contributed by atoms with E-state index in [0.717, 1.165) is 12.8 Å². The van der Waals surface area contributed by atoms with Gasteiger partial charge in [0.1, 0.15) is 5.75 Å². The SMILES string of the molecule is CC(C)NC(=O)[C@H]1CCCN(C(=O)COc2ccc3c(c2)OCO3)C1. The van der Waals surface area contributed by atoms with Gasteiger partial charge in [-0.05, 0) is 38.8 Å². The number of carbonyl (C=O) groups is 2. The van der Waals surface area contributed by atoms with E-state index >= 15 is 0 Å². The maximum Gasteiger partial charge on any atom is 0.260 e. The fourth-order valence-electron chi connectivity index (χ4n) is 3.02. The van der Waals surface area contributed by atoms with Gasteiger partial charge in [0.15, 0.2) is 18.1 Å². The summed E-state index contributed by atoms with van der Waals surface area (Å²) >= 11 is 0. The minimum atomic E-state index is -0.148. The molecule has 0 saturated carbocycles. The van der Waals surface area contributed by atoms with E-state index in [1.165, 1.54) is 0 Å². The molecular formula is C18H24N2O5. The van der Waals surface area contributed by atoms with Crippen LogP contribution < -0.4 is 19.5 Å². The van der Waals surface area contributed by atoms with E-state index in [-0.39, 0.29) is 37.2 Å². The number of nitrogens with zero attached hydrogens (tertiary/aromatic N) is 1. The van der Waals surface area contributed by atoms with E-state index in [0.29, 0.717) is 30.3 Å². The number of piperidine rings is 1. The Morgan fingerprint density at radius 2 is 2.12 bits per heavy atom. The average Bonchev–Trinajstić information content (AvgIpc) is 3.07. The molecule has 3 rings (SSSR count). The van der Waals surface area contributed by atoms with E-state index < -0.39 is 0 Å². The van der Waals surface area contributed by atoms with Crippen molar-refractivity contribution in [3.63, 3.8) is 0 Å². The smallest absolute Gasteiger partial charge is 0.260 e. The van der Waals surface area contributed by atoms with E-state index in [9.17, 15) is 9.59 Å². The summed E-state index contributed by atoms with van der Waals surface area (Å²) in [6.07, 6.45) is 1.64. The van der Waals surface area contributed by atoms with Crippen LogP contribution in [0.1, 0.15) is 26.7 Å². The molecule has 0 radical (unpaired) electrons. The number of carbonyl (C=O) groups excluding carboxylic acids is 2. The molecular weight excluding hydrogens is 324 g/mol. The van der Waals surface area contributed by atoms with Crippen LogP contribution >= 0.6 is 0 Å². The van der Waals surface area contributed by atoms with Gasteiger partial charge in [-0.2, -0.15) is 0 Å². The zero-order valence-electron chi connectivity index (χ0n) is 14.6. The minimum Gasteiger partial charge on any atom is -0.484 e. The molecule has 2 aliphatic heterocycles. The summed E-state index contributed by atoms with van der Waals surface area (Å²) in [4.78, 5) is 26.3. The number of fused-ring (bicyclic) bond motifs is 1. The van der Waals surface area contributed by atoms with Crippen molar-refractivity contribution in [3.05, 3.63) is 18.2 Å². The number of amides is 2. The Hall–Kier alpha value is -2.44.